The maximum Gasteiger partial charge on any atom is 0.266 e. The largest absolute Gasteiger partial charge is 0.496 e. The molecule has 1 aliphatic rings. The number of nitrogens with zero attached hydrogens (tertiary/aromatic N) is 2. The summed E-state index contributed by atoms with van der Waals surface area (Å²) >= 11 is 4.88. The number of methoxy groups -OCH3 is 1. The first kappa shape index (κ1) is 18.1. The molecule has 0 unspecified atom stereocenters. The van der Waals surface area contributed by atoms with Crippen molar-refractivity contribution >= 4 is 44.8 Å². The third kappa shape index (κ3) is 4.18. The summed E-state index contributed by atoms with van der Waals surface area (Å²) in [6.07, 6.45) is 1.87. The molecule has 1 aromatic carbocycles. The summed E-state index contributed by atoms with van der Waals surface area (Å²) in [5.41, 5.74) is 0.868. The topological polar surface area (TPSA) is 41.9 Å². The molecular weight excluding hydrogens is 376 g/mol. The lowest BCUT2D eigenvalue weighted by Gasteiger charge is -2.20. The lowest BCUT2D eigenvalue weighted by molar-refractivity contribution is -0.123. The van der Waals surface area contributed by atoms with Crippen LogP contribution in [0.5, 0.6) is 5.75 Å². The highest BCUT2D eigenvalue weighted by Crippen LogP contribution is 2.36. The fourth-order valence-corrected chi connectivity index (χ4v) is 3.81. The van der Waals surface area contributed by atoms with Crippen LogP contribution in [0.1, 0.15) is 33.3 Å². The van der Waals surface area contributed by atoms with Crippen molar-refractivity contribution in [3.63, 3.8) is 0 Å². The lowest BCUT2D eigenvalue weighted by Crippen LogP contribution is -2.35. The summed E-state index contributed by atoms with van der Waals surface area (Å²) in [5.74, 6) is 0.728. The van der Waals surface area contributed by atoms with Crippen LogP contribution in [0.15, 0.2) is 32.6 Å². The van der Waals surface area contributed by atoms with Gasteiger partial charge in [0.05, 0.1) is 12.0 Å². The quantitative estimate of drug-likeness (QED) is 0.701. The van der Waals surface area contributed by atoms with E-state index in [-0.39, 0.29) is 18.0 Å². The van der Waals surface area contributed by atoms with Gasteiger partial charge in [-0.15, -0.1) is 0 Å². The second-order valence-corrected chi connectivity index (χ2v) is 7.70. The smallest absolute Gasteiger partial charge is 0.266 e. The molecule has 0 N–H and O–H groups in total. The number of hydrogen-bond acceptors (Lipinski definition) is 4. The number of thioether (sulfide) groups is 1. The van der Waals surface area contributed by atoms with Gasteiger partial charge in [0.15, 0.2) is 5.17 Å². The summed E-state index contributed by atoms with van der Waals surface area (Å²) in [4.78, 5) is 19.7. The summed E-state index contributed by atoms with van der Waals surface area (Å²) in [6, 6.07) is 5.95. The molecule has 1 heterocycles. The zero-order valence-electron chi connectivity index (χ0n) is 14.0. The van der Waals surface area contributed by atoms with Crippen LogP contribution >= 0.6 is 27.7 Å². The van der Waals surface area contributed by atoms with Crippen LogP contribution in [0, 0.1) is 0 Å². The molecule has 124 valence electrons. The summed E-state index contributed by atoms with van der Waals surface area (Å²) in [6.45, 7) is 8.01. The van der Waals surface area contributed by atoms with E-state index in [1.165, 1.54) is 11.8 Å². The van der Waals surface area contributed by atoms with Gasteiger partial charge in [0.1, 0.15) is 5.75 Å². The Morgan fingerprint density at radius 3 is 2.57 bits per heavy atom. The Labute approximate surface area is 150 Å². The number of hydrogen-bond donors (Lipinski definition) is 0. The van der Waals surface area contributed by atoms with Crippen LogP contribution in [0.2, 0.25) is 0 Å². The Hall–Kier alpha value is -1.27. The number of carbonyl (C=O) groups is 1. The van der Waals surface area contributed by atoms with Crippen molar-refractivity contribution in [2.45, 2.75) is 39.8 Å². The van der Waals surface area contributed by atoms with Crippen molar-refractivity contribution in [3.05, 3.63) is 33.1 Å². The minimum atomic E-state index is -0.00794. The molecule has 4 nitrogen and oxygen atoms in total. The minimum absolute atomic E-state index is 0.00794. The van der Waals surface area contributed by atoms with E-state index in [0.717, 1.165) is 21.0 Å². The number of halogens is 1. The Morgan fingerprint density at radius 1 is 1.30 bits per heavy atom. The van der Waals surface area contributed by atoms with Gasteiger partial charge >= 0.3 is 0 Å². The van der Waals surface area contributed by atoms with E-state index in [1.54, 1.807) is 12.0 Å². The molecule has 0 aromatic heterocycles. The molecule has 0 saturated carbocycles. The third-order valence-corrected chi connectivity index (χ3v) is 4.69. The Balaban J connectivity index is 2.44. The van der Waals surface area contributed by atoms with Crippen molar-refractivity contribution in [2.75, 3.05) is 7.11 Å². The first-order valence-corrected chi connectivity index (χ1v) is 9.09. The Morgan fingerprint density at radius 2 is 2.00 bits per heavy atom. The normalized spacial score (nSPS) is 18.8. The molecular formula is C17H21BrN2O2S. The number of benzene rings is 1. The molecule has 0 radical (unpaired) electrons. The highest BCUT2D eigenvalue weighted by molar-refractivity contribution is 9.10. The number of ether oxygens (including phenoxy) is 1. The molecule has 0 bridgehead atoms. The van der Waals surface area contributed by atoms with Gasteiger partial charge < -0.3 is 4.74 Å². The zero-order valence-corrected chi connectivity index (χ0v) is 16.4. The van der Waals surface area contributed by atoms with Gasteiger partial charge in [-0.25, -0.2) is 0 Å². The van der Waals surface area contributed by atoms with Crippen LogP contribution in [0.3, 0.4) is 0 Å². The molecule has 23 heavy (non-hydrogen) atoms. The molecule has 2 rings (SSSR count). The van der Waals surface area contributed by atoms with E-state index in [1.807, 2.05) is 52.0 Å². The van der Waals surface area contributed by atoms with Crippen molar-refractivity contribution in [1.29, 1.82) is 0 Å². The van der Waals surface area contributed by atoms with E-state index in [0.29, 0.717) is 4.91 Å². The SMILES string of the molecule is COc1ccc(Br)cc1/C=C1/SC(=NC(C)C)N(C(C)C)C1=O. The van der Waals surface area contributed by atoms with Crippen LogP contribution < -0.4 is 4.74 Å². The molecule has 6 heteroatoms. The van der Waals surface area contributed by atoms with E-state index in [2.05, 4.69) is 20.9 Å². The maximum atomic E-state index is 12.7. The van der Waals surface area contributed by atoms with Crippen LogP contribution in [-0.2, 0) is 4.79 Å². The van der Waals surface area contributed by atoms with Crippen molar-refractivity contribution in [3.8, 4) is 5.75 Å². The predicted molar refractivity (Wildman–Crippen MR) is 101 cm³/mol. The van der Waals surface area contributed by atoms with E-state index < -0.39 is 0 Å². The number of carbonyl (C=O) groups excluding carboxylic acids is 1. The molecule has 1 fully saturated rings. The van der Waals surface area contributed by atoms with Crippen LogP contribution in [0.25, 0.3) is 6.08 Å². The predicted octanol–water partition coefficient (Wildman–Crippen LogP) is 4.55. The summed E-state index contributed by atoms with van der Waals surface area (Å²) in [7, 11) is 1.63. The van der Waals surface area contributed by atoms with Gasteiger partial charge in [-0.2, -0.15) is 0 Å². The van der Waals surface area contributed by atoms with Gasteiger partial charge in [-0.3, -0.25) is 14.7 Å². The van der Waals surface area contributed by atoms with Gasteiger partial charge in [-0.1, -0.05) is 15.9 Å². The number of rotatable bonds is 4. The molecule has 1 amide bonds. The Bertz CT molecular complexity index is 669. The van der Waals surface area contributed by atoms with Crippen molar-refractivity contribution in [1.82, 2.24) is 4.90 Å². The van der Waals surface area contributed by atoms with Crippen molar-refractivity contribution < 1.29 is 9.53 Å². The lowest BCUT2D eigenvalue weighted by atomic mass is 10.2. The molecule has 0 spiro atoms. The van der Waals surface area contributed by atoms with E-state index in [9.17, 15) is 4.79 Å². The highest BCUT2D eigenvalue weighted by atomic mass is 79.9. The van der Waals surface area contributed by atoms with Crippen LogP contribution in [-0.4, -0.2) is 35.2 Å². The van der Waals surface area contributed by atoms with Gasteiger partial charge in [0.25, 0.3) is 5.91 Å². The second kappa shape index (κ2) is 7.53. The second-order valence-electron chi connectivity index (χ2n) is 5.77. The molecule has 1 aromatic rings. The van der Waals surface area contributed by atoms with Gasteiger partial charge in [0, 0.05) is 22.1 Å². The fraction of sp³-hybridized carbons (Fsp3) is 0.412. The number of amidine groups is 1. The fourth-order valence-electron chi connectivity index (χ4n) is 2.21. The summed E-state index contributed by atoms with van der Waals surface area (Å²) in [5, 5.41) is 0.764. The van der Waals surface area contributed by atoms with Crippen LogP contribution in [0.4, 0.5) is 0 Å². The standard InChI is InChI=1S/C17H21BrN2O2S/c1-10(2)19-17-20(11(3)4)16(21)15(23-17)9-12-8-13(18)6-7-14(12)22-5/h6-11H,1-5H3/b15-9+,19-17?. The minimum Gasteiger partial charge on any atom is -0.496 e. The van der Waals surface area contributed by atoms with E-state index in [4.69, 9.17) is 4.74 Å². The monoisotopic (exact) mass is 396 g/mol. The first-order valence-electron chi connectivity index (χ1n) is 7.48. The average molecular weight is 397 g/mol. The summed E-state index contributed by atoms with van der Waals surface area (Å²) < 4.78 is 6.32. The number of aliphatic imine (C=N–C) groups is 1. The molecule has 1 aliphatic heterocycles. The third-order valence-electron chi connectivity index (χ3n) is 3.20. The molecule has 0 aliphatic carbocycles. The van der Waals surface area contributed by atoms with Gasteiger partial charge in [-0.05, 0) is 63.7 Å². The maximum absolute atomic E-state index is 12.7. The van der Waals surface area contributed by atoms with Gasteiger partial charge in [0.2, 0.25) is 0 Å². The number of amides is 1. The van der Waals surface area contributed by atoms with E-state index >= 15 is 0 Å². The Kier molecular flexibility index (Phi) is 5.92. The zero-order chi connectivity index (χ0) is 17.1. The molecule has 0 atom stereocenters. The highest BCUT2D eigenvalue weighted by Gasteiger charge is 2.35. The van der Waals surface area contributed by atoms with Crippen molar-refractivity contribution in [2.24, 2.45) is 4.99 Å². The average Bonchev–Trinajstić information content (AvgIpc) is 2.74. The first-order chi connectivity index (χ1) is 10.8. The molecule has 1 saturated heterocycles.